The Kier molecular flexibility index (Phi) is 4.18. The molecule has 0 nitrogen and oxygen atoms in total. The van der Waals surface area contributed by atoms with E-state index in [9.17, 15) is 0 Å². The van der Waals surface area contributed by atoms with Crippen LogP contribution < -0.4 is 0 Å². The predicted octanol–water partition coefficient (Wildman–Crippen LogP) is 5.06. The van der Waals surface area contributed by atoms with Crippen LogP contribution in [0.5, 0.6) is 0 Å². The fourth-order valence-corrected chi connectivity index (χ4v) is 1.88. The molecule has 1 rings (SSSR count). The summed E-state index contributed by atoms with van der Waals surface area (Å²) in [6.45, 7) is 13.7. The van der Waals surface area contributed by atoms with Crippen molar-refractivity contribution in [2.45, 2.75) is 65.7 Å². The maximum absolute atomic E-state index is 2.40. The van der Waals surface area contributed by atoms with Gasteiger partial charge in [-0.2, -0.15) is 0 Å². The maximum atomic E-state index is 2.40. The standard InChI is InChI=1S/C16H26/c1-7-12(3)14-9-13(8-2)10-15(11-14)16(4,5)6/h9-12H,7-8H2,1-6H3. The van der Waals surface area contributed by atoms with E-state index in [-0.39, 0.29) is 5.41 Å². The van der Waals surface area contributed by atoms with Crippen molar-refractivity contribution in [2.75, 3.05) is 0 Å². The number of aryl methyl sites for hydroxylation is 1. The molecule has 0 saturated heterocycles. The van der Waals surface area contributed by atoms with Crippen molar-refractivity contribution in [3.8, 4) is 0 Å². The van der Waals surface area contributed by atoms with Crippen LogP contribution in [0.25, 0.3) is 0 Å². The molecule has 1 aromatic rings. The zero-order valence-electron chi connectivity index (χ0n) is 11.7. The minimum absolute atomic E-state index is 0.257. The van der Waals surface area contributed by atoms with Crippen LogP contribution in [-0.4, -0.2) is 0 Å². The normalized spacial score (nSPS) is 13.9. The van der Waals surface area contributed by atoms with Gasteiger partial charge in [0.25, 0.3) is 0 Å². The molecule has 0 N–H and O–H groups in total. The van der Waals surface area contributed by atoms with Crippen molar-refractivity contribution in [2.24, 2.45) is 0 Å². The van der Waals surface area contributed by atoms with Gasteiger partial charge < -0.3 is 0 Å². The fraction of sp³-hybridized carbons (Fsp3) is 0.625. The molecule has 1 atom stereocenters. The van der Waals surface area contributed by atoms with Crippen molar-refractivity contribution < 1.29 is 0 Å². The first-order valence-corrected chi connectivity index (χ1v) is 6.52. The second kappa shape index (κ2) is 5.03. The summed E-state index contributed by atoms with van der Waals surface area (Å²) >= 11 is 0. The largest absolute Gasteiger partial charge is 0.0648 e. The minimum Gasteiger partial charge on any atom is -0.0648 e. The summed E-state index contributed by atoms with van der Waals surface area (Å²) in [6.07, 6.45) is 2.35. The van der Waals surface area contributed by atoms with E-state index in [2.05, 4.69) is 59.7 Å². The average Bonchev–Trinajstić information content (AvgIpc) is 2.26. The quantitative estimate of drug-likeness (QED) is 0.665. The third-order valence-electron chi connectivity index (χ3n) is 3.47. The highest BCUT2D eigenvalue weighted by Gasteiger charge is 2.16. The van der Waals surface area contributed by atoms with Gasteiger partial charge in [0.2, 0.25) is 0 Å². The van der Waals surface area contributed by atoms with Gasteiger partial charge >= 0.3 is 0 Å². The third kappa shape index (κ3) is 3.10. The number of hydrogen-bond acceptors (Lipinski definition) is 0. The van der Waals surface area contributed by atoms with Crippen LogP contribution in [0.3, 0.4) is 0 Å². The molecule has 0 aliphatic carbocycles. The zero-order chi connectivity index (χ0) is 12.3. The smallest absolute Gasteiger partial charge is 0.0132 e. The van der Waals surface area contributed by atoms with Gasteiger partial charge in [0.05, 0.1) is 0 Å². The molecule has 1 unspecified atom stereocenters. The van der Waals surface area contributed by atoms with Gasteiger partial charge in [0.15, 0.2) is 0 Å². The van der Waals surface area contributed by atoms with E-state index in [0.717, 1.165) is 6.42 Å². The average molecular weight is 218 g/mol. The van der Waals surface area contributed by atoms with Gasteiger partial charge in [-0.15, -0.1) is 0 Å². The van der Waals surface area contributed by atoms with Crippen LogP contribution in [-0.2, 0) is 11.8 Å². The molecule has 0 aromatic heterocycles. The van der Waals surface area contributed by atoms with Crippen LogP contribution in [0.1, 0.15) is 70.6 Å². The van der Waals surface area contributed by atoms with Crippen LogP contribution in [0, 0.1) is 0 Å². The Labute approximate surface area is 101 Å². The number of benzene rings is 1. The molecule has 0 saturated carbocycles. The summed E-state index contributed by atoms with van der Waals surface area (Å²) in [5.41, 5.74) is 4.71. The van der Waals surface area contributed by atoms with E-state index >= 15 is 0 Å². The summed E-state index contributed by atoms with van der Waals surface area (Å²) < 4.78 is 0. The lowest BCUT2D eigenvalue weighted by Gasteiger charge is -2.22. The Balaban J connectivity index is 3.21. The lowest BCUT2D eigenvalue weighted by Crippen LogP contribution is -2.12. The van der Waals surface area contributed by atoms with Crippen molar-refractivity contribution in [3.05, 3.63) is 34.9 Å². The summed E-state index contributed by atoms with van der Waals surface area (Å²) in [4.78, 5) is 0. The van der Waals surface area contributed by atoms with Crippen LogP contribution in [0.4, 0.5) is 0 Å². The summed E-state index contributed by atoms with van der Waals surface area (Å²) in [5, 5.41) is 0. The third-order valence-corrected chi connectivity index (χ3v) is 3.47. The number of rotatable bonds is 3. The Bertz CT molecular complexity index is 342. The second-order valence-corrected chi connectivity index (χ2v) is 5.88. The van der Waals surface area contributed by atoms with Crippen molar-refractivity contribution in [3.63, 3.8) is 0 Å². The van der Waals surface area contributed by atoms with E-state index in [1.807, 2.05) is 0 Å². The molecule has 0 amide bonds. The topological polar surface area (TPSA) is 0 Å². The van der Waals surface area contributed by atoms with Crippen molar-refractivity contribution >= 4 is 0 Å². The Morgan fingerprint density at radius 3 is 2.12 bits per heavy atom. The van der Waals surface area contributed by atoms with Gasteiger partial charge in [-0.05, 0) is 40.9 Å². The summed E-state index contributed by atoms with van der Waals surface area (Å²) in [7, 11) is 0. The van der Waals surface area contributed by atoms with E-state index in [4.69, 9.17) is 0 Å². The highest BCUT2D eigenvalue weighted by atomic mass is 14.2. The summed E-state index contributed by atoms with van der Waals surface area (Å²) in [6, 6.07) is 7.14. The lowest BCUT2D eigenvalue weighted by molar-refractivity contribution is 0.586. The molecule has 0 aliphatic heterocycles. The van der Waals surface area contributed by atoms with E-state index in [0.29, 0.717) is 5.92 Å². The monoisotopic (exact) mass is 218 g/mol. The van der Waals surface area contributed by atoms with E-state index < -0.39 is 0 Å². The SMILES string of the molecule is CCc1cc(C(C)CC)cc(C(C)(C)C)c1. The molecular weight excluding hydrogens is 192 g/mol. The molecule has 0 heterocycles. The van der Waals surface area contributed by atoms with Gasteiger partial charge in [-0.25, -0.2) is 0 Å². The molecule has 90 valence electrons. The molecule has 0 radical (unpaired) electrons. The molecule has 0 spiro atoms. The van der Waals surface area contributed by atoms with Gasteiger partial charge in [0, 0.05) is 0 Å². The van der Waals surface area contributed by atoms with Crippen LogP contribution >= 0.6 is 0 Å². The highest BCUT2D eigenvalue weighted by Crippen LogP contribution is 2.28. The van der Waals surface area contributed by atoms with Crippen molar-refractivity contribution in [1.82, 2.24) is 0 Å². The first-order valence-electron chi connectivity index (χ1n) is 6.52. The van der Waals surface area contributed by atoms with E-state index in [1.54, 1.807) is 0 Å². The van der Waals surface area contributed by atoms with Gasteiger partial charge in [0.1, 0.15) is 0 Å². The molecular formula is C16H26. The molecule has 0 heteroatoms. The highest BCUT2D eigenvalue weighted by molar-refractivity contribution is 5.35. The molecule has 1 aromatic carbocycles. The lowest BCUT2D eigenvalue weighted by atomic mass is 9.83. The first-order chi connectivity index (χ1) is 7.38. The van der Waals surface area contributed by atoms with E-state index in [1.165, 1.54) is 23.1 Å². The van der Waals surface area contributed by atoms with Crippen molar-refractivity contribution in [1.29, 1.82) is 0 Å². The molecule has 0 fully saturated rings. The summed E-state index contributed by atoms with van der Waals surface area (Å²) in [5.74, 6) is 0.674. The number of hydrogen-bond donors (Lipinski definition) is 0. The first kappa shape index (κ1) is 13.3. The van der Waals surface area contributed by atoms with Crippen LogP contribution in [0.15, 0.2) is 18.2 Å². The zero-order valence-corrected chi connectivity index (χ0v) is 11.7. The minimum atomic E-state index is 0.257. The predicted molar refractivity (Wildman–Crippen MR) is 73.2 cm³/mol. The van der Waals surface area contributed by atoms with Crippen LogP contribution in [0.2, 0.25) is 0 Å². The maximum Gasteiger partial charge on any atom is -0.0132 e. The van der Waals surface area contributed by atoms with Gasteiger partial charge in [-0.1, -0.05) is 59.7 Å². The fourth-order valence-electron chi connectivity index (χ4n) is 1.88. The molecule has 16 heavy (non-hydrogen) atoms. The van der Waals surface area contributed by atoms with Gasteiger partial charge in [-0.3, -0.25) is 0 Å². The Morgan fingerprint density at radius 1 is 1.06 bits per heavy atom. The Morgan fingerprint density at radius 2 is 1.69 bits per heavy atom. The second-order valence-electron chi connectivity index (χ2n) is 5.88. The molecule has 0 bridgehead atoms. The molecule has 0 aliphatic rings. The Hall–Kier alpha value is -0.780.